The zero-order valence-electron chi connectivity index (χ0n) is 15.4. The highest BCUT2D eigenvalue weighted by Crippen LogP contribution is 2.28. The van der Waals surface area contributed by atoms with E-state index in [1.54, 1.807) is 11.1 Å². The predicted molar refractivity (Wildman–Crippen MR) is 98.8 cm³/mol. The third kappa shape index (κ3) is 3.83. The van der Waals surface area contributed by atoms with Gasteiger partial charge in [-0.1, -0.05) is 12.1 Å². The van der Waals surface area contributed by atoms with Crippen molar-refractivity contribution in [2.75, 3.05) is 32.5 Å². The molecule has 0 atom stereocenters. The first-order valence-electron chi connectivity index (χ1n) is 8.33. The van der Waals surface area contributed by atoms with Crippen LogP contribution in [0.3, 0.4) is 0 Å². The molecular formula is C20H20N2O5. The number of nitrogens with zero attached hydrogens (tertiary/aromatic N) is 2. The minimum absolute atomic E-state index is 0.0150. The molecule has 140 valence electrons. The second-order valence-corrected chi connectivity index (χ2v) is 5.98. The number of carbonyl (C=O) groups excluding carboxylic acids is 2. The molecule has 0 amide bonds. The first kappa shape index (κ1) is 18.6. The molecule has 0 radical (unpaired) electrons. The van der Waals surface area contributed by atoms with Crippen LogP contribution in [-0.4, -0.2) is 44.5 Å². The van der Waals surface area contributed by atoms with Gasteiger partial charge in [0.25, 0.3) is 0 Å². The lowest BCUT2D eigenvalue weighted by molar-refractivity contribution is -0.140. The molecule has 27 heavy (non-hydrogen) atoms. The maximum absolute atomic E-state index is 12.3. The van der Waals surface area contributed by atoms with Gasteiger partial charge < -0.3 is 19.1 Å². The van der Waals surface area contributed by atoms with E-state index in [9.17, 15) is 9.59 Å². The van der Waals surface area contributed by atoms with Crippen LogP contribution in [0.4, 0.5) is 5.69 Å². The molecule has 0 fully saturated rings. The average Bonchev–Trinajstić information content (AvgIpc) is 2.72. The summed E-state index contributed by atoms with van der Waals surface area (Å²) in [5.74, 6) is -1.25. The molecule has 0 unspecified atom stereocenters. The van der Waals surface area contributed by atoms with E-state index in [4.69, 9.17) is 14.2 Å². The number of carbonyl (C=O) groups is 2. The highest BCUT2D eigenvalue weighted by molar-refractivity contribution is 6.03. The molecule has 0 bridgehead atoms. The number of methoxy groups -OCH3 is 2. The van der Waals surface area contributed by atoms with Crippen LogP contribution in [0.2, 0.25) is 0 Å². The van der Waals surface area contributed by atoms with Gasteiger partial charge in [-0.15, -0.1) is 0 Å². The molecule has 0 aliphatic carbocycles. The van der Waals surface area contributed by atoms with Crippen molar-refractivity contribution >= 4 is 17.6 Å². The Kier molecular flexibility index (Phi) is 5.52. The smallest absolute Gasteiger partial charge is 0.355 e. The van der Waals surface area contributed by atoms with E-state index in [2.05, 4.69) is 4.98 Å². The zero-order valence-corrected chi connectivity index (χ0v) is 15.4. The number of hydrogen-bond acceptors (Lipinski definition) is 7. The Morgan fingerprint density at radius 3 is 2.41 bits per heavy atom. The van der Waals surface area contributed by atoms with Crippen LogP contribution in [0.5, 0.6) is 0 Å². The summed E-state index contributed by atoms with van der Waals surface area (Å²) in [7, 11) is 2.52. The molecule has 2 aromatic rings. The lowest BCUT2D eigenvalue weighted by Gasteiger charge is -2.31. The highest BCUT2D eigenvalue weighted by atomic mass is 16.5. The van der Waals surface area contributed by atoms with Gasteiger partial charge in [-0.2, -0.15) is 0 Å². The van der Waals surface area contributed by atoms with Crippen LogP contribution in [0.15, 0.2) is 53.9 Å². The molecule has 0 N–H and O–H groups in total. The lowest BCUT2D eigenvalue weighted by atomic mass is 10.1. The van der Waals surface area contributed by atoms with Crippen LogP contribution in [-0.2, 0) is 23.8 Å². The molecule has 1 aromatic heterocycles. The van der Waals surface area contributed by atoms with Crippen LogP contribution in [0.1, 0.15) is 5.56 Å². The van der Waals surface area contributed by atoms with Gasteiger partial charge in [-0.3, -0.25) is 4.98 Å². The monoisotopic (exact) mass is 368 g/mol. The average molecular weight is 368 g/mol. The molecule has 1 aliphatic heterocycles. The third-order valence-corrected chi connectivity index (χ3v) is 4.22. The number of benzene rings is 1. The normalized spacial score (nSPS) is 14.1. The van der Waals surface area contributed by atoms with Crippen molar-refractivity contribution in [2.24, 2.45) is 0 Å². The Morgan fingerprint density at radius 2 is 1.78 bits per heavy atom. The fraction of sp³-hybridized carbons (Fsp3) is 0.250. The van der Waals surface area contributed by atoms with E-state index in [1.165, 1.54) is 14.2 Å². The van der Waals surface area contributed by atoms with Gasteiger partial charge in [0.1, 0.15) is 12.4 Å². The molecule has 7 heteroatoms. The van der Waals surface area contributed by atoms with Gasteiger partial charge in [0.2, 0.25) is 0 Å². The first-order valence-corrected chi connectivity index (χ1v) is 8.33. The second kappa shape index (κ2) is 8.01. The van der Waals surface area contributed by atoms with E-state index in [0.29, 0.717) is 5.69 Å². The summed E-state index contributed by atoms with van der Waals surface area (Å²) in [5, 5.41) is 0. The van der Waals surface area contributed by atoms with Crippen LogP contribution < -0.4 is 4.90 Å². The number of aryl methyl sites for hydroxylation is 1. The van der Waals surface area contributed by atoms with Crippen molar-refractivity contribution < 1.29 is 23.8 Å². The van der Waals surface area contributed by atoms with Gasteiger partial charge in [0.15, 0.2) is 0 Å². The Balaban J connectivity index is 1.98. The fourth-order valence-corrected chi connectivity index (χ4v) is 2.85. The van der Waals surface area contributed by atoms with Gasteiger partial charge >= 0.3 is 11.9 Å². The van der Waals surface area contributed by atoms with Crippen molar-refractivity contribution in [1.82, 2.24) is 4.98 Å². The molecule has 0 saturated heterocycles. The Bertz CT molecular complexity index is 890. The molecular weight excluding hydrogens is 348 g/mol. The Labute approximate surface area is 157 Å². The minimum Gasteiger partial charge on any atom is -0.466 e. The molecule has 0 saturated carbocycles. The van der Waals surface area contributed by atoms with Crippen LogP contribution in [0, 0.1) is 6.92 Å². The van der Waals surface area contributed by atoms with Crippen LogP contribution in [0.25, 0.3) is 11.3 Å². The van der Waals surface area contributed by atoms with Crippen molar-refractivity contribution in [3.05, 3.63) is 59.4 Å². The molecule has 7 nitrogen and oxygen atoms in total. The summed E-state index contributed by atoms with van der Waals surface area (Å²) in [6.07, 6.45) is 1.76. The number of hydrogen-bond donors (Lipinski definition) is 0. The summed E-state index contributed by atoms with van der Waals surface area (Å²) in [6.45, 7) is 2.11. The summed E-state index contributed by atoms with van der Waals surface area (Å²) >= 11 is 0. The summed E-state index contributed by atoms with van der Waals surface area (Å²) in [5.41, 5.74) is 3.85. The van der Waals surface area contributed by atoms with Crippen LogP contribution >= 0.6 is 0 Å². The topological polar surface area (TPSA) is 78.0 Å². The summed E-state index contributed by atoms with van der Waals surface area (Å²) in [4.78, 5) is 30.3. The minimum atomic E-state index is -0.624. The van der Waals surface area contributed by atoms with E-state index in [1.807, 2.05) is 43.3 Å². The highest BCUT2D eigenvalue weighted by Gasteiger charge is 2.32. The maximum atomic E-state index is 12.3. The third-order valence-electron chi connectivity index (χ3n) is 4.22. The number of esters is 2. The first-order chi connectivity index (χ1) is 13.0. The Morgan fingerprint density at radius 1 is 1.07 bits per heavy atom. The number of ether oxygens (including phenoxy) is 3. The van der Waals surface area contributed by atoms with Gasteiger partial charge in [0.05, 0.1) is 32.1 Å². The van der Waals surface area contributed by atoms with Crippen molar-refractivity contribution in [3.63, 3.8) is 0 Å². The van der Waals surface area contributed by atoms with Crippen molar-refractivity contribution in [3.8, 4) is 11.3 Å². The van der Waals surface area contributed by atoms with Gasteiger partial charge in [0, 0.05) is 17.4 Å². The Hall–Kier alpha value is -3.19. The number of aromatic nitrogens is 1. The van der Waals surface area contributed by atoms with E-state index in [0.717, 1.165) is 16.8 Å². The van der Waals surface area contributed by atoms with E-state index in [-0.39, 0.29) is 24.6 Å². The largest absolute Gasteiger partial charge is 0.466 e. The standard InChI is InChI=1S/C20H20N2O5/c1-13-8-9-21-17(10-13)14-4-6-15(7-5-14)22-12-27-11-16(19(23)25-2)18(22)20(24)26-3/h4-10H,11-12H2,1-3H3. The quantitative estimate of drug-likeness (QED) is 0.767. The molecule has 1 aliphatic rings. The fourth-order valence-electron chi connectivity index (χ4n) is 2.85. The predicted octanol–water partition coefficient (Wildman–Crippen LogP) is 2.45. The molecule has 2 heterocycles. The maximum Gasteiger partial charge on any atom is 0.355 e. The molecule has 1 aromatic carbocycles. The van der Waals surface area contributed by atoms with Crippen molar-refractivity contribution in [1.29, 1.82) is 0 Å². The lowest BCUT2D eigenvalue weighted by Crippen LogP contribution is -2.38. The SMILES string of the molecule is COC(=O)C1=C(C(=O)OC)N(c2ccc(-c3cc(C)ccn3)cc2)COC1. The summed E-state index contributed by atoms with van der Waals surface area (Å²) < 4.78 is 15.1. The zero-order chi connectivity index (χ0) is 19.4. The second-order valence-electron chi connectivity index (χ2n) is 5.98. The summed E-state index contributed by atoms with van der Waals surface area (Å²) in [6, 6.07) is 11.4. The van der Waals surface area contributed by atoms with E-state index < -0.39 is 11.9 Å². The van der Waals surface area contributed by atoms with E-state index >= 15 is 0 Å². The van der Waals surface area contributed by atoms with Crippen molar-refractivity contribution in [2.45, 2.75) is 6.92 Å². The molecule has 0 spiro atoms. The number of pyridine rings is 1. The number of anilines is 1. The number of rotatable bonds is 4. The van der Waals surface area contributed by atoms with Gasteiger partial charge in [-0.05, 0) is 36.8 Å². The van der Waals surface area contributed by atoms with Gasteiger partial charge in [-0.25, -0.2) is 9.59 Å². The molecule has 3 rings (SSSR count).